The molecule has 0 aliphatic rings. The molecule has 0 saturated carbocycles. The molecular weight excluding hydrogens is 383 g/mol. The Morgan fingerprint density at radius 3 is 2.63 bits per heavy atom. The first-order chi connectivity index (χ1) is 14.5. The number of pyridine rings is 2. The summed E-state index contributed by atoms with van der Waals surface area (Å²) in [5, 5.41) is 13.3. The fourth-order valence-corrected chi connectivity index (χ4v) is 3.06. The first-order valence-electron chi connectivity index (χ1n) is 9.77. The van der Waals surface area contributed by atoms with E-state index in [0.717, 1.165) is 17.5 Å². The lowest BCUT2D eigenvalue weighted by atomic mass is 10.1. The van der Waals surface area contributed by atoms with Gasteiger partial charge in [0.15, 0.2) is 0 Å². The lowest BCUT2D eigenvalue weighted by Crippen LogP contribution is -2.26. The highest BCUT2D eigenvalue weighted by atomic mass is 19.1. The van der Waals surface area contributed by atoms with Gasteiger partial charge in [0.25, 0.3) is 5.91 Å². The number of hydrogen-bond acceptors (Lipinski definition) is 5. The van der Waals surface area contributed by atoms with Gasteiger partial charge in [0.2, 0.25) is 5.95 Å². The Labute approximate surface area is 175 Å². The summed E-state index contributed by atoms with van der Waals surface area (Å²) in [6, 6.07) is 14.3. The van der Waals surface area contributed by atoms with Crippen LogP contribution in [0.1, 0.15) is 33.2 Å². The molecule has 1 aromatic carbocycles. The van der Waals surface area contributed by atoms with Gasteiger partial charge in [-0.05, 0) is 42.8 Å². The van der Waals surface area contributed by atoms with E-state index in [4.69, 9.17) is 0 Å². The van der Waals surface area contributed by atoms with Gasteiger partial charge >= 0.3 is 0 Å². The molecule has 3 rings (SSSR count). The Kier molecular flexibility index (Phi) is 7.59. The van der Waals surface area contributed by atoms with Crippen molar-refractivity contribution in [2.45, 2.75) is 19.1 Å². The highest BCUT2D eigenvalue weighted by Gasteiger charge is 2.14. The minimum atomic E-state index is -0.598. The van der Waals surface area contributed by atoms with Crippen molar-refractivity contribution in [3.8, 4) is 0 Å². The van der Waals surface area contributed by atoms with E-state index in [1.165, 1.54) is 11.1 Å². The summed E-state index contributed by atoms with van der Waals surface area (Å²) < 4.78 is 13.7. The van der Waals surface area contributed by atoms with Crippen molar-refractivity contribution in [2.24, 2.45) is 0 Å². The third kappa shape index (κ3) is 5.92. The largest absolute Gasteiger partial charge is 0.387 e. The maximum absolute atomic E-state index is 13.7. The zero-order chi connectivity index (χ0) is 21.3. The SMILES string of the molecule is CN(Cc1cccnc1F)C(=O)c1ccc(CCNC[C@H](O)c2cccnc2)cc1. The van der Waals surface area contributed by atoms with E-state index in [9.17, 15) is 14.3 Å². The van der Waals surface area contributed by atoms with Crippen LogP contribution in [0.5, 0.6) is 0 Å². The number of benzene rings is 1. The molecule has 0 saturated heterocycles. The summed E-state index contributed by atoms with van der Waals surface area (Å²) in [6.45, 7) is 1.30. The summed E-state index contributed by atoms with van der Waals surface area (Å²) in [7, 11) is 1.64. The number of nitrogens with zero attached hydrogens (tertiary/aromatic N) is 3. The molecule has 156 valence electrons. The van der Waals surface area contributed by atoms with Gasteiger partial charge < -0.3 is 15.3 Å². The van der Waals surface area contributed by atoms with Gasteiger partial charge in [-0.1, -0.05) is 24.3 Å². The van der Waals surface area contributed by atoms with Crippen molar-refractivity contribution in [1.82, 2.24) is 20.2 Å². The summed E-state index contributed by atoms with van der Waals surface area (Å²) >= 11 is 0. The molecule has 2 aromatic heterocycles. The summed E-state index contributed by atoms with van der Waals surface area (Å²) in [6.07, 6.45) is 4.88. The Morgan fingerprint density at radius 1 is 1.17 bits per heavy atom. The maximum Gasteiger partial charge on any atom is 0.253 e. The van der Waals surface area contributed by atoms with E-state index < -0.39 is 12.1 Å². The molecule has 2 heterocycles. The van der Waals surface area contributed by atoms with E-state index >= 15 is 0 Å². The minimum absolute atomic E-state index is 0.156. The average molecular weight is 408 g/mol. The topological polar surface area (TPSA) is 78.4 Å². The molecule has 0 unspecified atom stereocenters. The Morgan fingerprint density at radius 2 is 1.93 bits per heavy atom. The van der Waals surface area contributed by atoms with Gasteiger partial charge in [-0.15, -0.1) is 0 Å². The van der Waals surface area contributed by atoms with Crippen molar-refractivity contribution in [2.75, 3.05) is 20.1 Å². The molecule has 0 bridgehead atoms. The Balaban J connectivity index is 1.46. The molecule has 0 aliphatic carbocycles. The average Bonchev–Trinajstić information content (AvgIpc) is 2.78. The van der Waals surface area contributed by atoms with Crippen LogP contribution >= 0.6 is 0 Å². The number of hydrogen-bond donors (Lipinski definition) is 2. The number of aromatic nitrogens is 2. The predicted octanol–water partition coefficient (Wildman–Crippen LogP) is 2.75. The predicted molar refractivity (Wildman–Crippen MR) is 112 cm³/mol. The Hall–Kier alpha value is -3.16. The Bertz CT molecular complexity index is 951. The molecule has 7 heteroatoms. The molecule has 30 heavy (non-hydrogen) atoms. The molecule has 0 radical (unpaired) electrons. The molecule has 0 aliphatic heterocycles. The van der Waals surface area contributed by atoms with Crippen LogP contribution in [0.2, 0.25) is 0 Å². The van der Waals surface area contributed by atoms with Crippen LogP contribution in [-0.4, -0.2) is 46.0 Å². The second kappa shape index (κ2) is 10.6. The molecule has 0 spiro atoms. The molecule has 2 N–H and O–H groups in total. The van der Waals surface area contributed by atoms with E-state index in [-0.39, 0.29) is 12.5 Å². The van der Waals surface area contributed by atoms with E-state index in [0.29, 0.717) is 24.2 Å². The zero-order valence-corrected chi connectivity index (χ0v) is 16.8. The molecular formula is C23H25FN4O2. The van der Waals surface area contributed by atoms with Gasteiger partial charge in [-0.3, -0.25) is 9.78 Å². The zero-order valence-electron chi connectivity index (χ0n) is 16.8. The van der Waals surface area contributed by atoms with E-state index in [1.807, 2.05) is 18.2 Å². The molecule has 3 aromatic rings. The molecule has 1 atom stereocenters. The van der Waals surface area contributed by atoms with E-state index in [2.05, 4.69) is 15.3 Å². The number of nitrogens with one attached hydrogen (secondary N) is 1. The number of rotatable bonds is 9. The molecule has 6 nitrogen and oxygen atoms in total. The number of carbonyl (C=O) groups excluding carboxylic acids is 1. The highest BCUT2D eigenvalue weighted by Crippen LogP contribution is 2.12. The van der Waals surface area contributed by atoms with Crippen molar-refractivity contribution < 1.29 is 14.3 Å². The smallest absolute Gasteiger partial charge is 0.253 e. The highest BCUT2D eigenvalue weighted by molar-refractivity contribution is 5.94. The van der Waals surface area contributed by atoms with Crippen LogP contribution < -0.4 is 5.32 Å². The number of halogens is 1. The second-order valence-electron chi connectivity index (χ2n) is 7.07. The summed E-state index contributed by atoms with van der Waals surface area (Å²) in [5.74, 6) is -0.740. The standard InChI is InChI=1S/C23H25FN4O2/c1-28(16-20-5-3-12-27-22(20)24)23(30)18-8-6-17(7-9-18)10-13-26-15-21(29)19-4-2-11-25-14-19/h2-9,11-12,14,21,26,29H,10,13,15-16H2,1H3/t21-/m0/s1. The molecule has 1 amide bonds. The third-order valence-corrected chi connectivity index (χ3v) is 4.79. The van der Waals surface area contributed by atoms with Crippen LogP contribution in [0.3, 0.4) is 0 Å². The first kappa shape index (κ1) is 21.5. The van der Waals surface area contributed by atoms with Crippen LogP contribution in [-0.2, 0) is 13.0 Å². The van der Waals surface area contributed by atoms with Crippen molar-refractivity contribution in [3.63, 3.8) is 0 Å². The second-order valence-corrected chi connectivity index (χ2v) is 7.07. The number of carbonyl (C=O) groups is 1. The molecule has 0 fully saturated rings. The lowest BCUT2D eigenvalue weighted by molar-refractivity contribution is 0.0783. The van der Waals surface area contributed by atoms with Gasteiger partial charge in [0.05, 0.1) is 12.6 Å². The van der Waals surface area contributed by atoms with E-state index in [1.54, 1.807) is 49.8 Å². The van der Waals surface area contributed by atoms with Crippen molar-refractivity contribution in [1.29, 1.82) is 0 Å². The van der Waals surface area contributed by atoms with Crippen molar-refractivity contribution in [3.05, 3.63) is 95.3 Å². The third-order valence-electron chi connectivity index (χ3n) is 4.79. The van der Waals surface area contributed by atoms with Gasteiger partial charge in [-0.2, -0.15) is 4.39 Å². The van der Waals surface area contributed by atoms with Crippen LogP contribution in [0, 0.1) is 5.95 Å². The number of aliphatic hydroxyl groups excluding tert-OH is 1. The van der Waals surface area contributed by atoms with Gasteiger partial charge in [-0.25, -0.2) is 4.98 Å². The first-order valence-corrected chi connectivity index (χ1v) is 9.77. The summed E-state index contributed by atoms with van der Waals surface area (Å²) in [4.78, 5) is 21.7. The van der Waals surface area contributed by atoms with Crippen molar-refractivity contribution >= 4 is 5.91 Å². The normalized spacial score (nSPS) is 11.8. The summed E-state index contributed by atoms with van der Waals surface area (Å²) in [5.41, 5.74) is 2.79. The quantitative estimate of drug-likeness (QED) is 0.421. The van der Waals surface area contributed by atoms with Crippen LogP contribution in [0.4, 0.5) is 4.39 Å². The van der Waals surface area contributed by atoms with Crippen LogP contribution in [0.15, 0.2) is 67.1 Å². The van der Waals surface area contributed by atoms with Crippen LogP contribution in [0.25, 0.3) is 0 Å². The minimum Gasteiger partial charge on any atom is -0.387 e. The fraction of sp³-hybridized carbons (Fsp3) is 0.261. The number of amides is 1. The fourth-order valence-electron chi connectivity index (χ4n) is 3.06. The lowest BCUT2D eigenvalue weighted by Gasteiger charge is -2.17. The maximum atomic E-state index is 13.7. The van der Waals surface area contributed by atoms with Gasteiger partial charge in [0, 0.05) is 48.9 Å². The number of aliphatic hydroxyl groups is 1. The van der Waals surface area contributed by atoms with Gasteiger partial charge in [0.1, 0.15) is 0 Å². The monoisotopic (exact) mass is 408 g/mol.